The Morgan fingerprint density at radius 3 is 2.90 bits per heavy atom. The fraction of sp³-hybridized carbons (Fsp3) is 0.667. The van der Waals surface area contributed by atoms with Crippen LogP contribution in [0.15, 0.2) is 12.4 Å². The number of hydrogen-bond donors (Lipinski definition) is 1. The Morgan fingerprint density at radius 1 is 1.55 bits per heavy atom. The highest BCUT2D eigenvalue weighted by atomic mass is 32.2. The molecule has 0 spiro atoms. The van der Waals surface area contributed by atoms with Crippen molar-refractivity contribution in [2.45, 2.75) is 32.5 Å². The highest BCUT2D eigenvalue weighted by molar-refractivity contribution is 7.91. The molecule has 2 heterocycles. The molecule has 2 rings (SSSR count). The van der Waals surface area contributed by atoms with Gasteiger partial charge in [-0.2, -0.15) is 5.10 Å². The summed E-state index contributed by atoms with van der Waals surface area (Å²) in [5, 5.41) is 13.1. The number of sulfone groups is 1. The summed E-state index contributed by atoms with van der Waals surface area (Å²) in [7, 11) is -3.13. The minimum absolute atomic E-state index is 0.0821. The summed E-state index contributed by atoms with van der Waals surface area (Å²) >= 11 is 0. The summed E-state index contributed by atoms with van der Waals surface area (Å²) in [5.41, 5.74) is 0.974. The SMILES string of the molecule is CCn1cc(CN2CCS(=O)(=O)CC2CC(=O)O)cn1. The molecule has 1 aromatic heterocycles. The predicted octanol–water partition coefficient (Wildman–Crippen LogP) is -0.0233. The Labute approximate surface area is 118 Å². The molecule has 1 saturated heterocycles. The molecular formula is C12H19N3O4S. The molecule has 1 aliphatic rings. The van der Waals surface area contributed by atoms with Gasteiger partial charge in [0.25, 0.3) is 0 Å². The van der Waals surface area contributed by atoms with E-state index >= 15 is 0 Å². The lowest BCUT2D eigenvalue weighted by Crippen LogP contribution is -2.48. The van der Waals surface area contributed by atoms with Crippen molar-refractivity contribution >= 4 is 15.8 Å². The number of carbonyl (C=O) groups is 1. The normalized spacial score (nSPS) is 22.8. The van der Waals surface area contributed by atoms with E-state index in [2.05, 4.69) is 5.10 Å². The second kappa shape index (κ2) is 5.92. The van der Waals surface area contributed by atoms with Crippen LogP contribution in [0.3, 0.4) is 0 Å². The average molecular weight is 301 g/mol. The van der Waals surface area contributed by atoms with Gasteiger partial charge in [0.05, 0.1) is 24.1 Å². The fourth-order valence-corrected chi connectivity index (χ4v) is 4.01. The molecule has 1 atom stereocenters. The van der Waals surface area contributed by atoms with Crippen molar-refractivity contribution in [2.24, 2.45) is 0 Å². The predicted molar refractivity (Wildman–Crippen MR) is 73.0 cm³/mol. The molecule has 1 aliphatic heterocycles. The van der Waals surface area contributed by atoms with Crippen LogP contribution in [0.4, 0.5) is 0 Å². The lowest BCUT2D eigenvalue weighted by Gasteiger charge is -2.34. The third-order valence-corrected chi connectivity index (χ3v) is 5.16. The van der Waals surface area contributed by atoms with Crippen molar-refractivity contribution in [3.8, 4) is 0 Å². The van der Waals surface area contributed by atoms with Gasteiger partial charge in [-0.3, -0.25) is 14.4 Å². The zero-order chi connectivity index (χ0) is 14.8. The summed E-state index contributed by atoms with van der Waals surface area (Å²) in [6.45, 7) is 3.66. The van der Waals surface area contributed by atoms with E-state index in [1.165, 1.54) is 0 Å². The van der Waals surface area contributed by atoms with Gasteiger partial charge >= 0.3 is 5.97 Å². The van der Waals surface area contributed by atoms with Crippen molar-refractivity contribution in [2.75, 3.05) is 18.1 Å². The topological polar surface area (TPSA) is 92.5 Å². The summed E-state index contributed by atoms with van der Waals surface area (Å²) in [6, 6.07) is -0.462. The third kappa shape index (κ3) is 3.80. The first-order valence-corrected chi connectivity index (χ1v) is 8.39. The fourth-order valence-electron chi connectivity index (χ4n) is 2.41. The first-order chi connectivity index (χ1) is 9.39. The van der Waals surface area contributed by atoms with Gasteiger partial charge < -0.3 is 5.11 Å². The van der Waals surface area contributed by atoms with E-state index in [-0.39, 0.29) is 17.9 Å². The van der Waals surface area contributed by atoms with E-state index < -0.39 is 21.8 Å². The number of carboxylic acids is 1. The number of carboxylic acid groups (broad SMARTS) is 1. The number of hydrogen-bond acceptors (Lipinski definition) is 5. The Hall–Kier alpha value is -1.41. The molecule has 1 aromatic rings. The van der Waals surface area contributed by atoms with Crippen LogP contribution in [0.25, 0.3) is 0 Å². The molecule has 0 amide bonds. The monoisotopic (exact) mass is 301 g/mol. The number of rotatable bonds is 5. The molecule has 0 saturated carbocycles. The zero-order valence-corrected chi connectivity index (χ0v) is 12.2. The van der Waals surface area contributed by atoms with Gasteiger partial charge in [-0.15, -0.1) is 0 Å². The summed E-state index contributed by atoms with van der Waals surface area (Å²) in [5.74, 6) is -0.965. The number of nitrogens with zero attached hydrogens (tertiary/aromatic N) is 3. The van der Waals surface area contributed by atoms with Crippen molar-refractivity contribution in [3.63, 3.8) is 0 Å². The Bertz CT molecular complexity index is 581. The van der Waals surface area contributed by atoms with Crippen LogP contribution in [0.2, 0.25) is 0 Å². The Balaban J connectivity index is 2.09. The quantitative estimate of drug-likeness (QED) is 0.821. The molecule has 0 aliphatic carbocycles. The maximum atomic E-state index is 11.7. The van der Waals surface area contributed by atoms with Gasteiger partial charge in [0.2, 0.25) is 0 Å². The van der Waals surface area contributed by atoms with E-state index in [1.807, 2.05) is 18.0 Å². The van der Waals surface area contributed by atoms with Crippen LogP contribution in [0.1, 0.15) is 18.9 Å². The van der Waals surface area contributed by atoms with Gasteiger partial charge in [-0.25, -0.2) is 8.42 Å². The van der Waals surface area contributed by atoms with E-state index in [4.69, 9.17) is 5.11 Å². The minimum Gasteiger partial charge on any atom is -0.481 e. The van der Waals surface area contributed by atoms with Crippen LogP contribution in [0.5, 0.6) is 0 Å². The highest BCUT2D eigenvalue weighted by Crippen LogP contribution is 2.18. The third-order valence-electron chi connectivity index (χ3n) is 3.46. The lowest BCUT2D eigenvalue weighted by molar-refractivity contribution is -0.138. The molecule has 1 N–H and O–H groups in total. The summed E-state index contributed by atoms with van der Waals surface area (Å²) in [4.78, 5) is 12.8. The van der Waals surface area contributed by atoms with Crippen molar-refractivity contribution in [3.05, 3.63) is 18.0 Å². The number of aliphatic carboxylic acids is 1. The molecule has 8 heteroatoms. The molecule has 7 nitrogen and oxygen atoms in total. The molecule has 0 bridgehead atoms. The smallest absolute Gasteiger partial charge is 0.304 e. The average Bonchev–Trinajstić information content (AvgIpc) is 2.79. The van der Waals surface area contributed by atoms with Gasteiger partial charge in [0.1, 0.15) is 0 Å². The van der Waals surface area contributed by atoms with Gasteiger partial charge in [-0.1, -0.05) is 0 Å². The first kappa shape index (κ1) is 15.0. The van der Waals surface area contributed by atoms with Crippen LogP contribution in [-0.2, 0) is 27.7 Å². The molecule has 0 aromatic carbocycles. The molecule has 1 fully saturated rings. The molecule has 1 unspecified atom stereocenters. The largest absolute Gasteiger partial charge is 0.481 e. The van der Waals surface area contributed by atoms with E-state index in [0.29, 0.717) is 13.1 Å². The van der Waals surface area contributed by atoms with Gasteiger partial charge in [0.15, 0.2) is 9.84 Å². The van der Waals surface area contributed by atoms with Crippen molar-refractivity contribution in [1.82, 2.24) is 14.7 Å². The van der Waals surface area contributed by atoms with E-state index in [1.54, 1.807) is 10.9 Å². The lowest BCUT2D eigenvalue weighted by atomic mass is 10.2. The number of aryl methyl sites for hydroxylation is 1. The van der Waals surface area contributed by atoms with Crippen LogP contribution < -0.4 is 0 Å². The molecular weight excluding hydrogens is 282 g/mol. The van der Waals surface area contributed by atoms with Crippen molar-refractivity contribution < 1.29 is 18.3 Å². The highest BCUT2D eigenvalue weighted by Gasteiger charge is 2.32. The van der Waals surface area contributed by atoms with Crippen LogP contribution >= 0.6 is 0 Å². The Morgan fingerprint density at radius 2 is 2.30 bits per heavy atom. The van der Waals surface area contributed by atoms with E-state index in [9.17, 15) is 13.2 Å². The number of aromatic nitrogens is 2. The van der Waals surface area contributed by atoms with Crippen molar-refractivity contribution in [1.29, 1.82) is 0 Å². The van der Waals surface area contributed by atoms with Crippen LogP contribution in [0, 0.1) is 0 Å². The first-order valence-electron chi connectivity index (χ1n) is 6.57. The molecule has 20 heavy (non-hydrogen) atoms. The summed E-state index contributed by atoms with van der Waals surface area (Å²) in [6.07, 6.45) is 3.49. The minimum atomic E-state index is -3.13. The van der Waals surface area contributed by atoms with Gasteiger partial charge in [0, 0.05) is 37.4 Å². The molecule has 112 valence electrons. The van der Waals surface area contributed by atoms with E-state index in [0.717, 1.165) is 12.1 Å². The van der Waals surface area contributed by atoms with Gasteiger partial charge in [-0.05, 0) is 6.92 Å². The second-order valence-electron chi connectivity index (χ2n) is 5.04. The maximum Gasteiger partial charge on any atom is 0.304 e. The van der Waals surface area contributed by atoms with Crippen LogP contribution in [-0.4, -0.2) is 58.3 Å². The second-order valence-corrected chi connectivity index (χ2v) is 7.27. The molecule has 0 radical (unpaired) electrons. The Kier molecular flexibility index (Phi) is 4.44. The standard InChI is InChI=1S/C12H19N3O4S/c1-2-15-8-10(6-13-15)7-14-3-4-20(18,19)9-11(14)5-12(16)17/h6,8,11H,2-5,7,9H2,1H3,(H,16,17). The zero-order valence-electron chi connectivity index (χ0n) is 11.4. The summed E-state index contributed by atoms with van der Waals surface area (Å²) < 4.78 is 25.1. The maximum absolute atomic E-state index is 11.7.